The zero-order chi connectivity index (χ0) is 19.4. The Morgan fingerprint density at radius 1 is 1.15 bits per heavy atom. The normalized spacial score (nSPS) is 14.1. The number of anilines is 1. The SMILES string of the molecule is CCOc1cc(N2CCN(C(=O)c3ccc(Cl)cc3)CC2)ccc1[N+](=O)[O-]. The highest BCUT2D eigenvalue weighted by atomic mass is 35.5. The van der Waals surface area contributed by atoms with Gasteiger partial charge in [0.1, 0.15) is 0 Å². The van der Waals surface area contributed by atoms with Crippen LogP contribution in [-0.2, 0) is 0 Å². The Morgan fingerprint density at radius 3 is 2.41 bits per heavy atom. The monoisotopic (exact) mass is 389 g/mol. The van der Waals surface area contributed by atoms with Crippen molar-refractivity contribution in [3.8, 4) is 5.75 Å². The lowest BCUT2D eigenvalue weighted by Gasteiger charge is -2.36. The van der Waals surface area contributed by atoms with Crippen molar-refractivity contribution in [1.29, 1.82) is 0 Å². The molecule has 1 saturated heterocycles. The minimum atomic E-state index is -0.447. The molecule has 1 aliphatic heterocycles. The van der Waals surface area contributed by atoms with E-state index in [9.17, 15) is 14.9 Å². The van der Waals surface area contributed by atoms with Gasteiger partial charge in [-0.05, 0) is 37.3 Å². The Bertz CT molecular complexity index is 833. The van der Waals surface area contributed by atoms with Gasteiger partial charge in [-0.2, -0.15) is 0 Å². The summed E-state index contributed by atoms with van der Waals surface area (Å²) in [5, 5.41) is 11.7. The summed E-state index contributed by atoms with van der Waals surface area (Å²) in [6.07, 6.45) is 0. The van der Waals surface area contributed by atoms with Crippen LogP contribution in [0.1, 0.15) is 17.3 Å². The summed E-state index contributed by atoms with van der Waals surface area (Å²) in [5.41, 5.74) is 1.42. The summed E-state index contributed by atoms with van der Waals surface area (Å²) in [5.74, 6) is 0.240. The quantitative estimate of drug-likeness (QED) is 0.576. The number of hydrogen-bond acceptors (Lipinski definition) is 5. The van der Waals surface area contributed by atoms with Crippen molar-refractivity contribution >= 4 is 28.9 Å². The summed E-state index contributed by atoms with van der Waals surface area (Å²) in [7, 11) is 0. The van der Waals surface area contributed by atoms with Crippen molar-refractivity contribution in [2.24, 2.45) is 0 Å². The largest absolute Gasteiger partial charge is 0.487 e. The van der Waals surface area contributed by atoms with E-state index in [4.69, 9.17) is 16.3 Å². The fourth-order valence-corrected chi connectivity index (χ4v) is 3.19. The number of carbonyl (C=O) groups excluding carboxylic acids is 1. The fraction of sp³-hybridized carbons (Fsp3) is 0.316. The van der Waals surface area contributed by atoms with Gasteiger partial charge in [0.2, 0.25) is 0 Å². The first kappa shape index (κ1) is 19.0. The second-order valence-electron chi connectivity index (χ2n) is 6.13. The molecule has 27 heavy (non-hydrogen) atoms. The van der Waals surface area contributed by atoms with Crippen LogP contribution in [0.5, 0.6) is 5.75 Å². The van der Waals surface area contributed by atoms with E-state index in [0.29, 0.717) is 43.4 Å². The lowest BCUT2D eigenvalue weighted by Crippen LogP contribution is -2.48. The van der Waals surface area contributed by atoms with E-state index in [1.54, 1.807) is 48.2 Å². The molecule has 0 bridgehead atoms. The first-order chi connectivity index (χ1) is 13.0. The molecule has 2 aromatic carbocycles. The van der Waals surface area contributed by atoms with Crippen molar-refractivity contribution < 1.29 is 14.5 Å². The van der Waals surface area contributed by atoms with Crippen molar-refractivity contribution in [3.63, 3.8) is 0 Å². The van der Waals surface area contributed by atoms with Gasteiger partial charge in [-0.25, -0.2) is 0 Å². The molecule has 0 aromatic heterocycles. The predicted molar refractivity (Wildman–Crippen MR) is 104 cm³/mol. The second kappa shape index (κ2) is 8.26. The maximum Gasteiger partial charge on any atom is 0.311 e. The smallest absolute Gasteiger partial charge is 0.311 e. The number of amides is 1. The van der Waals surface area contributed by atoms with Gasteiger partial charge in [-0.15, -0.1) is 0 Å². The van der Waals surface area contributed by atoms with Gasteiger partial charge >= 0.3 is 5.69 Å². The van der Waals surface area contributed by atoms with Crippen LogP contribution in [0.25, 0.3) is 0 Å². The van der Waals surface area contributed by atoms with Crippen LogP contribution >= 0.6 is 11.6 Å². The van der Waals surface area contributed by atoms with Gasteiger partial charge in [0.05, 0.1) is 11.5 Å². The van der Waals surface area contributed by atoms with Crippen molar-refractivity contribution in [1.82, 2.24) is 4.90 Å². The lowest BCUT2D eigenvalue weighted by atomic mass is 10.1. The summed E-state index contributed by atoms with van der Waals surface area (Å²) < 4.78 is 5.41. The fourth-order valence-electron chi connectivity index (χ4n) is 3.06. The second-order valence-corrected chi connectivity index (χ2v) is 6.56. The highest BCUT2D eigenvalue weighted by molar-refractivity contribution is 6.30. The van der Waals surface area contributed by atoms with Crippen LogP contribution in [0, 0.1) is 10.1 Å². The zero-order valence-corrected chi connectivity index (χ0v) is 15.7. The molecule has 1 heterocycles. The van der Waals surface area contributed by atoms with E-state index in [2.05, 4.69) is 4.90 Å². The molecule has 1 fully saturated rings. The molecule has 7 nitrogen and oxygen atoms in total. The Balaban J connectivity index is 1.68. The molecule has 0 N–H and O–H groups in total. The van der Waals surface area contributed by atoms with Gasteiger partial charge in [0.25, 0.3) is 5.91 Å². The number of carbonyl (C=O) groups is 1. The third-order valence-corrected chi connectivity index (χ3v) is 4.72. The van der Waals surface area contributed by atoms with Gasteiger partial charge in [0.15, 0.2) is 5.75 Å². The Labute approximate surface area is 162 Å². The number of rotatable bonds is 5. The number of ether oxygens (including phenoxy) is 1. The maximum atomic E-state index is 12.6. The number of nitrogens with zero attached hydrogens (tertiary/aromatic N) is 3. The molecule has 0 saturated carbocycles. The first-order valence-corrected chi connectivity index (χ1v) is 9.08. The third-order valence-electron chi connectivity index (χ3n) is 4.46. The molecule has 0 atom stereocenters. The number of halogens is 1. The van der Waals surface area contributed by atoms with E-state index in [1.807, 2.05) is 0 Å². The summed E-state index contributed by atoms with van der Waals surface area (Å²) in [4.78, 5) is 27.1. The Morgan fingerprint density at radius 2 is 1.81 bits per heavy atom. The van der Waals surface area contributed by atoms with Crippen LogP contribution in [-0.4, -0.2) is 48.5 Å². The van der Waals surface area contributed by atoms with Crippen molar-refractivity contribution in [2.45, 2.75) is 6.92 Å². The van der Waals surface area contributed by atoms with Gasteiger partial charge in [0, 0.05) is 54.6 Å². The molecule has 2 aromatic rings. The number of nitro groups is 1. The molecule has 0 spiro atoms. The molecular weight excluding hydrogens is 370 g/mol. The molecule has 0 radical (unpaired) electrons. The first-order valence-electron chi connectivity index (χ1n) is 8.70. The van der Waals surface area contributed by atoms with Gasteiger partial charge in [-0.3, -0.25) is 14.9 Å². The number of piperazine rings is 1. The standard InChI is InChI=1S/C19H20ClN3O4/c1-2-27-18-13-16(7-8-17(18)23(25)26)21-9-11-22(12-10-21)19(24)14-3-5-15(20)6-4-14/h3-8,13H,2,9-12H2,1H3. The van der Waals surface area contributed by atoms with Gasteiger partial charge in [-0.1, -0.05) is 11.6 Å². The van der Waals surface area contributed by atoms with E-state index in [1.165, 1.54) is 6.07 Å². The number of hydrogen-bond donors (Lipinski definition) is 0. The number of benzene rings is 2. The molecule has 0 unspecified atom stereocenters. The third kappa shape index (κ3) is 4.31. The summed E-state index contributed by atoms with van der Waals surface area (Å²) >= 11 is 5.87. The van der Waals surface area contributed by atoms with E-state index >= 15 is 0 Å². The zero-order valence-electron chi connectivity index (χ0n) is 14.9. The topological polar surface area (TPSA) is 75.9 Å². The molecule has 3 rings (SSSR count). The highest BCUT2D eigenvalue weighted by Gasteiger charge is 2.24. The summed E-state index contributed by atoms with van der Waals surface area (Å²) in [6, 6.07) is 11.7. The molecule has 142 valence electrons. The van der Waals surface area contributed by atoms with E-state index in [0.717, 1.165) is 5.69 Å². The van der Waals surface area contributed by atoms with Crippen molar-refractivity contribution in [2.75, 3.05) is 37.7 Å². The van der Waals surface area contributed by atoms with Gasteiger partial charge < -0.3 is 14.5 Å². The van der Waals surface area contributed by atoms with Crippen LogP contribution in [0.2, 0.25) is 5.02 Å². The molecular formula is C19H20ClN3O4. The van der Waals surface area contributed by atoms with Crippen LogP contribution < -0.4 is 9.64 Å². The Hall–Kier alpha value is -2.80. The van der Waals surface area contributed by atoms with Crippen LogP contribution in [0.15, 0.2) is 42.5 Å². The van der Waals surface area contributed by atoms with Crippen LogP contribution in [0.4, 0.5) is 11.4 Å². The van der Waals surface area contributed by atoms with Crippen molar-refractivity contribution in [3.05, 3.63) is 63.2 Å². The Kier molecular flexibility index (Phi) is 5.81. The number of nitro benzene ring substituents is 1. The van der Waals surface area contributed by atoms with Crippen LogP contribution in [0.3, 0.4) is 0 Å². The average Bonchev–Trinajstić information content (AvgIpc) is 2.68. The van der Waals surface area contributed by atoms with E-state index in [-0.39, 0.29) is 17.3 Å². The summed E-state index contributed by atoms with van der Waals surface area (Å²) in [6.45, 7) is 4.57. The lowest BCUT2D eigenvalue weighted by molar-refractivity contribution is -0.385. The minimum Gasteiger partial charge on any atom is -0.487 e. The maximum absolute atomic E-state index is 12.6. The predicted octanol–water partition coefficient (Wildman–Crippen LogP) is 3.61. The van der Waals surface area contributed by atoms with E-state index < -0.39 is 4.92 Å². The molecule has 8 heteroatoms. The molecule has 1 aliphatic rings. The highest BCUT2D eigenvalue weighted by Crippen LogP contribution is 2.32. The molecule has 1 amide bonds. The minimum absolute atomic E-state index is 0.0231. The average molecular weight is 390 g/mol. The molecule has 0 aliphatic carbocycles.